The van der Waals surface area contributed by atoms with Crippen molar-refractivity contribution in [3.8, 4) is 0 Å². The summed E-state index contributed by atoms with van der Waals surface area (Å²) < 4.78 is 0. The summed E-state index contributed by atoms with van der Waals surface area (Å²) in [7, 11) is 0. The van der Waals surface area contributed by atoms with Crippen LogP contribution >= 0.6 is 23.2 Å². The molecule has 1 unspecified atom stereocenters. The van der Waals surface area contributed by atoms with Crippen molar-refractivity contribution in [3.05, 3.63) is 33.8 Å². The smallest absolute Gasteiger partial charge is 0.233 e. The second-order valence-electron chi connectivity index (χ2n) is 5.02. The number of hydrogen-bond acceptors (Lipinski definition) is 2. The average molecular weight is 301 g/mol. The lowest BCUT2D eigenvalue weighted by Crippen LogP contribution is -2.36. The Morgan fingerprint density at radius 3 is 2.79 bits per heavy atom. The largest absolute Gasteiger partial charge is 0.355 e. The van der Waals surface area contributed by atoms with Crippen LogP contribution in [0.25, 0.3) is 0 Å². The van der Waals surface area contributed by atoms with E-state index in [1.165, 1.54) is 12.8 Å². The minimum atomic E-state index is 0.0106. The molecule has 19 heavy (non-hydrogen) atoms. The van der Waals surface area contributed by atoms with Gasteiger partial charge < -0.3 is 10.6 Å². The molecule has 0 radical (unpaired) electrons. The monoisotopic (exact) mass is 300 g/mol. The molecule has 0 bridgehead atoms. The third kappa shape index (κ3) is 4.68. The summed E-state index contributed by atoms with van der Waals surface area (Å²) >= 11 is 12.0. The first-order valence-corrected chi connectivity index (χ1v) is 7.27. The number of hydrogen-bond donors (Lipinski definition) is 2. The molecular weight excluding hydrogens is 283 g/mol. The van der Waals surface area contributed by atoms with E-state index in [-0.39, 0.29) is 11.9 Å². The second-order valence-corrected chi connectivity index (χ2v) is 5.86. The highest BCUT2D eigenvalue weighted by molar-refractivity contribution is 6.35. The van der Waals surface area contributed by atoms with Gasteiger partial charge in [0.2, 0.25) is 5.91 Å². The minimum absolute atomic E-state index is 0.0106. The highest BCUT2D eigenvalue weighted by Gasteiger charge is 2.21. The number of benzene rings is 1. The predicted molar refractivity (Wildman–Crippen MR) is 78.6 cm³/mol. The van der Waals surface area contributed by atoms with E-state index in [4.69, 9.17) is 23.2 Å². The molecule has 2 rings (SSSR count). The fraction of sp³-hybridized carbons (Fsp3) is 0.500. The third-order valence-corrected chi connectivity index (χ3v) is 3.85. The van der Waals surface area contributed by atoms with Crippen molar-refractivity contribution < 1.29 is 4.79 Å². The molecular formula is C14H18Cl2N2O. The summed E-state index contributed by atoms with van der Waals surface area (Å²) in [5, 5.41) is 7.31. The van der Waals surface area contributed by atoms with Crippen LogP contribution in [-0.4, -0.2) is 19.0 Å². The molecule has 1 aliphatic rings. The van der Waals surface area contributed by atoms with Gasteiger partial charge in [0.25, 0.3) is 0 Å². The Labute approximate surface area is 123 Å². The van der Waals surface area contributed by atoms with Gasteiger partial charge in [-0.15, -0.1) is 0 Å². The molecule has 5 heteroatoms. The van der Waals surface area contributed by atoms with Crippen molar-refractivity contribution in [1.82, 2.24) is 10.6 Å². The summed E-state index contributed by atoms with van der Waals surface area (Å²) in [6.07, 6.45) is 2.48. The van der Waals surface area contributed by atoms with E-state index >= 15 is 0 Å². The Morgan fingerprint density at radius 1 is 1.42 bits per heavy atom. The normalized spacial score (nSPS) is 16.2. The molecule has 1 amide bonds. The van der Waals surface area contributed by atoms with E-state index in [0.29, 0.717) is 22.5 Å². The van der Waals surface area contributed by atoms with Gasteiger partial charge in [0.15, 0.2) is 0 Å². The maximum atomic E-state index is 11.6. The molecule has 0 saturated heterocycles. The number of halogens is 2. The van der Waals surface area contributed by atoms with Crippen molar-refractivity contribution in [2.75, 3.05) is 13.1 Å². The highest BCUT2D eigenvalue weighted by Crippen LogP contribution is 2.27. The van der Waals surface area contributed by atoms with Crippen LogP contribution in [-0.2, 0) is 4.79 Å². The number of amides is 1. The lowest BCUT2D eigenvalue weighted by atomic mass is 10.1. The van der Waals surface area contributed by atoms with E-state index in [2.05, 4.69) is 10.6 Å². The lowest BCUT2D eigenvalue weighted by Gasteiger charge is -2.15. The molecule has 1 aromatic rings. The molecule has 2 N–H and O–H groups in total. The molecule has 1 aromatic carbocycles. The Bertz CT molecular complexity index is 461. The summed E-state index contributed by atoms with van der Waals surface area (Å²) in [6.45, 7) is 3.08. The summed E-state index contributed by atoms with van der Waals surface area (Å²) in [6, 6.07) is 5.40. The first-order chi connectivity index (χ1) is 9.06. The Morgan fingerprint density at radius 2 is 2.16 bits per heavy atom. The van der Waals surface area contributed by atoms with Gasteiger partial charge in [-0.1, -0.05) is 29.3 Å². The quantitative estimate of drug-likeness (QED) is 0.847. The lowest BCUT2D eigenvalue weighted by molar-refractivity contribution is -0.120. The molecule has 1 atom stereocenters. The van der Waals surface area contributed by atoms with E-state index in [1.807, 2.05) is 13.0 Å². The van der Waals surface area contributed by atoms with Gasteiger partial charge in [0, 0.05) is 22.6 Å². The third-order valence-electron chi connectivity index (χ3n) is 3.28. The fourth-order valence-electron chi connectivity index (χ4n) is 1.85. The van der Waals surface area contributed by atoms with Gasteiger partial charge in [0.05, 0.1) is 6.54 Å². The average Bonchev–Trinajstić information content (AvgIpc) is 3.17. The zero-order valence-corrected chi connectivity index (χ0v) is 12.4. The molecule has 0 aromatic heterocycles. The molecule has 0 spiro atoms. The first kappa shape index (κ1) is 14.6. The fourth-order valence-corrected chi connectivity index (χ4v) is 2.42. The van der Waals surface area contributed by atoms with Gasteiger partial charge in [-0.3, -0.25) is 4.79 Å². The summed E-state index contributed by atoms with van der Waals surface area (Å²) in [4.78, 5) is 11.6. The molecule has 1 aliphatic carbocycles. The van der Waals surface area contributed by atoms with Crippen molar-refractivity contribution >= 4 is 29.1 Å². The SMILES string of the molecule is CC(NCC(=O)NCC1CC1)c1ccc(Cl)cc1Cl. The minimum Gasteiger partial charge on any atom is -0.355 e. The standard InChI is InChI=1S/C14H18Cl2N2O/c1-9(12-5-4-11(15)6-13(12)16)17-8-14(19)18-7-10-2-3-10/h4-6,9-10,17H,2-3,7-8H2,1H3,(H,18,19). The van der Waals surface area contributed by atoms with Crippen LogP contribution in [0.4, 0.5) is 0 Å². The predicted octanol–water partition coefficient (Wildman–Crippen LogP) is 3.17. The van der Waals surface area contributed by atoms with E-state index in [0.717, 1.165) is 12.1 Å². The molecule has 1 fully saturated rings. The second kappa shape index (κ2) is 6.60. The van der Waals surface area contributed by atoms with Gasteiger partial charge in [-0.05, 0) is 43.4 Å². The Kier molecular flexibility index (Phi) is 5.08. The summed E-state index contributed by atoms with van der Waals surface area (Å²) in [5.74, 6) is 0.732. The number of rotatable bonds is 6. The molecule has 0 aliphatic heterocycles. The molecule has 1 saturated carbocycles. The number of carbonyl (C=O) groups is 1. The Hall–Kier alpha value is -0.770. The number of carbonyl (C=O) groups excluding carboxylic acids is 1. The van der Waals surface area contributed by atoms with Crippen LogP contribution in [0.2, 0.25) is 10.0 Å². The number of nitrogens with one attached hydrogen (secondary N) is 2. The van der Waals surface area contributed by atoms with Crippen LogP contribution in [0.15, 0.2) is 18.2 Å². The molecule has 3 nitrogen and oxygen atoms in total. The summed E-state index contributed by atoms with van der Waals surface area (Å²) in [5.41, 5.74) is 0.945. The van der Waals surface area contributed by atoms with Crippen LogP contribution in [0.3, 0.4) is 0 Å². The van der Waals surface area contributed by atoms with Crippen molar-refractivity contribution in [2.24, 2.45) is 5.92 Å². The maximum absolute atomic E-state index is 11.6. The van der Waals surface area contributed by atoms with Crippen LogP contribution in [0.1, 0.15) is 31.4 Å². The van der Waals surface area contributed by atoms with E-state index < -0.39 is 0 Å². The van der Waals surface area contributed by atoms with Crippen molar-refractivity contribution in [3.63, 3.8) is 0 Å². The van der Waals surface area contributed by atoms with Gasteiger partial charge in [-0.25, -0.2) is 0 Å². The molecule has 104 valence electrons. The Balaban J connectivity index is 1.79. The van der Waals surface area contributed by atoms with Crippen LogP contribution in [0.5, 0.6) is 0 Å². The van der Waals surface area contributed by atoms with Crippen LogP contribution in [0, 0.1) is 5.92 Å². The molecule has 0 heterocycles. The first-order valence-electron chi connectivity index (χ1n) is 6.51. The maximum Gasteiger partial charge on any atom is 0.233 e. The van der Waals surface area contributed by atoms with Gasteiger partial charge >= 0.3 is 0 Å². The van der Waals surface area contributed by atoms with E-state index in [1.54, 1.807) is 12.1 Å². The van der Waals surface area contributed by atoms with E-state index in [9.17, 15) is 4.79 Å². The van der Waals surface area contributed by atoms with Gasteiger partial charge in [0.1, 0.15) is 0 Å². The van der Waals surface area contributed by atoms with Gasteiger partial charge in [-0.2, -0.15) is 0 Å². The zero-order chi connectivity index (χ0) is 13.8. The highest BCUT2D eigenvalue weighted by atomic mass is 35.5. The van der Waals surface area contributed by atoms with Crippen LogP contribution < -0.4 is 10.6 Å². The van der Waals surface area contributed by atoms with Crippen molar-refractivity contribution in [1.29, 1.82) is 0 Å². The zero-order valence-electron chi connectivity index (χ0n) is 10.9. The van der Waals surface area contributed by atoms with Crippen molar-refractivity contribution in [2.45, 2.75) is 25.8 Å². The topological polar surface area (TPSA) is 41.1 Å².